The Morgan fingerprint density at radius 3 is 1.88 bits per heavy atom. The van der Waals surface area contributed by atoms with Crippen molar-refractivity contribution in [2.75, 3.05) is 0 Å². The minimum absolute atomic E-state index is 0.161. The first-order valence-electron chi connectivity index (χ1n) is 16.9. The lowest BCUT2D eigenvalue weighted by atomic mass is 9.53. The van der Waals surface area contributed by atoms with Gasteiger partial charge in [0.05, 0.1) is 22.1 Å². The number of aromatic nitrogens is 2. The number of ether oxygens (including phenoxy) is 1. The fraction of sp³-hybridized carbons (Fsp3) is 0.0870. The second-order valence-electron chi connectivity index (χ2n) is 13.7. The van der Waals surface area contributed by atoms with Crippen molar-refractivity contribution < 1.29 is 4.74 Å². The molecule has 0 atom stereocenters. The van der Waals surface area contributed by atoms with E-state index in [1.807, 2.05) is 12.3 Å². The van der Waals surface area contributed by atoms with Gasteiger partial charge in [-0.15, -0.1) is 0 Å². The summed E-state index contributed by atoms with van der Waals surface area (Å²) in [5.74, 6) is 1.78. The molecule has 3 nitrogen and oxygen atoms in total. The molecule has 0 N–H and O–H groups in total. The molecule has 0 bridgehead atoms. The highest BCUT2D eigenvalue weighted by molar-refractivity contribution is 6.03. The average molecular weight is 629 g/mol. The minimum Gasteiger partial charge on any atom is -0.456 e. The van der Waals surface area contributed by atoms with Crippen molar-refractivity contribution in [3.63, 3.8) is 0 Å². The zero-order valence-electron chi connectivity index (χ0n) is 27.3. The monoisotopic (exact) mass is 628 g/mol. The fourth-order valence-corrected chi connectivity index (χ4v) is 8.60. The highest BCUT2D eigenvalue weighted by Gasteiger charge is 2.53. The molecule has 3 heterocycles. The third-order valence-electron chi connectivity index (χ3n) is 10.8. The maximum Gasteiger partial charge on any atom is 0.140 e. The summed E-state index contributed by atoms with van der Waals surface area (Å²) in [6.45, 7) is 4.70. The molecular weight excluding hydrogens is 597 g/mol. The second kappa shape index (κ2) is 10.2. The number of hydrogen-bond acceptors (Lipinski definition) is 3. The zero-order chi connectivity index (χ0) is 32.7. The number of hydrogen-bond donors (Lipinski definition) is 0. The molecule has 8 aromatic rings. The number of fused-ring (bicyclic) bond motifs is 11. The van der Waals surface area contributed by atoms with E-state index in [-0.39, 0.29) is 5.41 Å². The summed E-state index contributed by atoms with van der Waals surface area (Å²) in [7, 11) is 0. The van der Waals surface area contributed by atoms with E-state index >= 15 is 0 Å². The van der Waals surface area contributed by atoms with Gasteiger partial charge < -0.3 is 4.74 Å². The first-order chi connectivity index (χ1) is 24.0. The first kappa shape index (κ1) is 28.0. The molecule has 1 spiro atoms. The number of para-hydroxylation sites is 2. The highest BCUT2D eigenvalue weighted by Crippen LogP contribution is 2.62. The molecule has 6 aromatic carbocycles. The number of rotatable bonds is 2. The van der Waals surface area contributed by atoms with Crippen LogP contribution in [0.1, 0.15) is 47.2 Å². The van der Waals surface area contributed by atoms with Gasteiger partial charge in [0.15, 0.2) is 0 Å². The lowest BCUT2D eigenvalue weighted by molar-refractivity contribution is 0.427. The van der Waals surface area contributed by atoms with E-state index in [9.17, 15) is 0 Å². The Balaban J connectivity index is 1.21. The van der Waals surface area contributed by atoms with Crippen LogP contribution in [-0.4, -0.2) is 9.97 Å². The van der Waals surface area contributed by atoms with E-state index in [2.05, 4.69) is 164 Å². The van der Waals surface area contributed by atoms with Gasteiger partial charge in [-0.3, -0.25) is 4.98 Å². The van der Waals surface area contributed by atoms with E-state index in [4.69, 9.17) is 9.72 Å². The molecule has 0 saturated heterocycles. The quantitative estimate of drug-likeness (QED) is 0.179. The van der Waals surface area contributed by atoms with E-state index in [0.717, 1.165) is 61.3 Å². The Kier molecular flexibility index (Phi) is 5.84. The zero-order valence-corrected chi connectivity index (χ0v) is 27.3. The van der Waals surface area contributed by atoms with Crippen LogP contribution < -0.4 is 4.74 Å². The third-order valence-corrected chi connectivity index (χ3v) is 10.8. The molecule has 0 radical (unpaired) electrons. The number of benzene rings is 6. The van der Waals surface area contributed by atoms with Crippen LogP contribution in [0.3, 0.4) is 0 Å². The molecule has 0 amide bonds. The summed E-state index contributed by atoms with van der Waals surface area (Å²) < 4.78 is 7.00. The predicted octanol–water partition coefficient (Wildman–Crippen LogP) is 11.2. The van der Waals surface area contributed by atoms with Crippen molar-refractivity contribution >= 4 is 21.8 Å². The molecule has 3 heteroatoms. The average Bonchev–Trinajstić information content (AvgIpc) is 3.16. The van der Waals surface area contributed by atoms with Gasteiger partial charge in [0.2, 0.25) is 0 Å². The van der Waals surface area contributed by atoms with Crippen molar-refractivity contribution in [1.29, 1.82) is 0 Å². The van der Waals surface area contributed by atoms with Gasteiger partial charge in [0, 0.05) is 44.6 Å². The van der Waals surface area contributed by atoms with Crippen molar-refractivity contribution in [2.24, 2.45) is 0 Å². The van der Waals surface area contributed by atoms with Crippen LogP contribution in [0.15, 0.2) is 158 Å². The molecule has 2 aliphatic rings. The maximum atomic E-state index is 7.00. The fourth-order valence-electron chi connectivity index (χ4n) is 8.60. The maximum absolute atomic E-state index is 7.00. The summed E-state index contributed by atoms with van der Waals surface area (Å²) >= 11 is 0. The lowest BCUT2D eigenvalue weighted by Gasteiger charge is -2.50. The van der Waals surface area contributed by atoms with Crippen molar-refractivity contribution in [3.05, 3.63) is 191 Å². The van der Waals surface area contributed by atoms with Gasteiger partial charge in [0.1, 0.15) is 11.5 Å². The minimum atomic E-state index is -0.547. The van der Waals surface area contributed by atoms with Crippen LogP contribution >= 0.6 is 0 Å². The smallest absolute Gasteiger partial charge is 0.140 e. The summed E-state index contributed by atoms with van der Waals surface area (Å²) in [6, 6.07) is 54.5. The Bertz CT molecular complexity index is 2590. The molecule has 0 saturated carbocycles. The third kappa shape index (κ3) is 3.84. The molecular formula is C46H32N2O. The number of pyridine rings is 2. The Labute approximate surface area is 285 Å². The van der Waals surface area contributed by atoms with Crippen molar-refractivity contribution in [2.45, 2.75) is 24.7 Å². The molecule has 1 aliphatic heterocycles. The largest absolute Gasteiger partial charge is 0.456 e. The Morgan fingerprint density at radius 1 is 0.490 bits per heavy atom. The molecule has 0 unspecified atom stereocenters. The van der Waals surface area contributed by atoms with Gasteiger partial charge in [0.25, 0.3) is 0 Å². The Morgan fingerprint density at radius 2 is 1.10 bits per heavy atom. The van der Waals surface area contributed by atoms with Crippen LogP contribution in [0.5, 0.6) is 11.5 Å². The summed E-state index contributed by atoms with van der Waals surface area (Å²) in [4.78, 5) is 9.84. The summed E-state index contributed by atoms with van der Waals surface area (Å²) in [5, 5.41) is 2.17. The summed E-state index contributed by atoms with van der Waals surface area (Å²) in [5.41, 5.74) is 12.9. The first-order valence-corrected chi connectivity index (χ1v) is 16.9. The van der Waals surface area contributed by atoms with Crippen LogP contribution in [0.25, 0.3) is 44.2 Å². The molecule has 1 aliphatic carbocycles. The van der Waals surface area contributed by atoms with Crippen LogP contribution in [-0.2, 0) is 10.8 Å². The van der Waals surface area contributed by atoms with Gasteiger partial charge in [-0.05, 0) is 52.1 Å². The Hall–Kier alpha value is -6.06. The van der Waals surface area contributed by atoms with Gasteiger partial charge in [-0.2, -0.15) is 0 Å². The van der Waals surface area contributed by atoms with Gasteiger partial charge >= 0.3 is 0 Å². The second-order valence-corrected chi connectivity index (χ2v) is 13.7. The summed E-state index contributed by atoms with van der Waals surface area (Å²) in [6.07, 6.45) is 1.84. The van der Waals surface area contributed by atoms with Crippen LogP contribution in [0.2, 0.25) is 0 Å². The van der Waals surface area contributed by atoms with E-state index < -0.39 is 5.41 Å². The van der Waals surface area contributed by atoms with Gasteiger partial charge in [-0.25, -0.2) is 4.98 Å². The molecule has 232 valence electrons. The van der Waals surface area contributed by atoms with E-state index in [1.54, 1.807) is 0 Å². The number of nitrogens with zero attached hydrogens (tertiary/aromatic N) is 2. The highest BCUT2D eigenvalue weighted by atomic mass is 16.5. The molecule has 0 fully saturated rings. The van der Waals surface area contributed by atoms with Crippen LogP contribution in [0.4, 0.5) is 0 Å². The lowest BCUT2D eigenvalue weighted by Crippen LogP contribution is -2.43. The van der Waals surface area contributed by atoms with Crippen molar-refractivity contribution in [3.8, 4) is 33.9 Å². The SMILES string of the molecule is CC1(C)c2ccccc2C2(c3ccccc3Oc3c(-c4cccc(-c5ccc6ccc7cccnc7c6n5)c4)cccc32)c2ccccc21. The van der Waals surface area contributed by atoms with E-state index in [1.165, 1.54) is 27.8 Å². The topological polar surface area (TPSA) is 35.0 Å². The van der Waals surface area contributed by atoms with Crippen molar-refractivity contribution in [1.82, 2.24) is 9.97 Å². The van der Waals surface area contributed by atoms with E-state index in [0.29, 0.717) is 0 Å². The normalized spacial score (nSPS) is 14.8. The molecule has 2 aromatic heterocycles. The van der Waals surface area contributed by atoms with Crippen LogP contribution in [0, 0.1) is 0 Å². The molecule has 49 heavy (non-hydrogen) atoms. The molecule has 10 rings (SSSR count). The predicted molar refractivity (Wildman–Crippen MR) is 198 cm³/mol. The standard InChI is InChI=1S/C46H32N2O/c1-45(2)34-16-3-5-18-36(34)46(37-19-6-4-17-35(37)45)38-20-7-8-22-41(38)49-44-33(15-10-21-39(44)46)31-12-9-13-32(28-31)40-26-25-30-24-23-29-14-11-27-47-42(29)43(30)48-40/h3-28H,1-2H3. The van der Waals surface area contributed by atoms with Gasteiger partial charge in [-0.1, -0.05) is 141 Å².